The van der Waals surface area contributed by atoms with Gasteiger partial charge in [0.25, 0.3) is 0 Å². The lowest BCUT2D eigenvalue weighted by molar-refractivity contribution is 0.672. The maximum absolute atomic E-state index is 6.80. The predicted molar refractivity (Wildman–Crippen MR) is 213 cm³/mol. The van der Waals surface area contributed by atoms with E-state index in [-0.39, 0.29) is 0 Å². The minimum atomic E-state index is 0.604. The van der Waals surface area contributed by atoms with E-state index in [2.05, 4.69) is 126 Å². The predicted octanol–water partition coefficient (Wildman–Crippen LogP) is 12.5. The summed E-state index contributed by atoms with van der Waals surface area (Å²) < 4.78 is 6.80. The van der Waals surface area contributed by atoms with E-state index in [0.29, 0.717) is 17.5 Å². The lowest BCUT2D eigenvalue weighted by Gasteiger charge is -2.26. The average Bonchev–Trinajstić information content (AvgIpc) is 3.61. The first-order chi connectivity index (χ1) is 25.8. The van der Waals surface area contributed by atoms with Crippen molar-refractivity contribution in [2.75, 3.05) is 4.90 Å². The largest absolute Gasteiger partial charge is 0.455 e. The van der Waals surface area contributed by atoms with Gasteiger partial charge in [-0.05, 0) is 58.6 Å². The maximum Gasteiger partial charge on any atom is 0.164 e. The zero-order valence-electron chi connectivity index (χ0n) is 28.0. The zero-order chi connectivity index (χ0) is 34.4. The summed E-state index contributed by atoms with van der Waals surface area (Å²) in [5, 5.41) is 6.39. The number of aromatic nitrogens is 3. The molecule has 0 aliphatic rings. The second-order valence-electron chi connectivity index (χ2n) is 12.8. The number of anilines is 3. The van der Waals surface area contributed by atoms with Crippen molar-refractivity contribution in [2.24, 2.45) is 0 Å². The molecule has 5 nitrogen and oxygen atoms in total. The fourth-order valence-corrected chi connectivity index (χ4v) is 7.25. The molecular formula is C47H30N4O. The Labute approximate surface area is 300 Å². The van der Waals surface area contributed by atoms with Gasteiger partial charge in [0.05, 0.1) is 11.1 Å². The Balaban J connectivity index is 1.27. The fourth-order valence-electron chi connectivity index (χ4n) is 7.25. The molecule has 244 valence electrons. The topological polar surface area (TPSA) is 55.1 Å². The van der Waals surface area contributed by atoms with Crippen molar-refractivity contribution < 1.29 is 4.42 Å². The van der Waals surface area contributed by atoms with E-state index in [1.807, 2.05) is 60.7 Å². The first-order valence-corrected chi connectivity index (χ1v) is 17.4. The van der Waals surface area contributed by atoms with Crippen molar-refractivity contribution in [3.8, 4) is 34.2 Å². The van der Waals surface area contributed by atoms with Crippen LogP contribution >= 0.6 is 0 Å². The van der Waals surface area contributed by atoms with Gasteiger partial charge in [0, 0.05) is 38.8 Å². The minimum Gasteiger partial charge on any atom is -0.455 e. The van der Waals surface area contributed by atoms with Gasteiger partial charge in [-0.2, -0.15) is 0 Å². The number of furan rings is 1. The van der Waals surface area contributed by atoms with Gasteiger partial charge in [-0.25, -0.2) is 15.0 Å². The van der Waals surface area contributed by atoms with Crippen molar-refractivity contribution in [2.45, 2.75) is 0 Å². The highest BCUT2D eigenvalue weighted by Gasteiger charge is 2.23. The average molecular weight is 667 g/mol. The summed E-state index contributed by atoms with van der Waals surface area (Å²) in [7, 11) is 0. The molecule has 0 saturated heterocycles. The minimum absolute atomic E-state index is 0.604. The van der Waals surface area contributed by atoms with E-state index in [0.717, 1.165) is 66.5 Å². The normalized spacial score (nSPS) is 11.5. The van der Waals surface area contributed by atoms with Gasteiger partial charge in [-0.1, -0.05) is 140 Å². The smallest absolute Gasteiger partial charge is 0.164 e. The molecule has 2 aromatic heterocycles. The number of para-hydroxylation sites is 1. The van der Waals surface area contributed by atoms with Crippen molar-refractivity contribution in [1.82, 2.24) is 15.0 Å². The summed E-state index contributed by atoms with van der Waals surface area (Å²) >= 11 is 0. The fraction of sp³-hybridized carbons (Fsp3) is 0. The summed E-state index contributed by atoms with van der Waals surface area (Å²) in [6.45, 7) is 0. The van der Waals surface area contributed by atoms with Gasteiger partial charge in [-0.15, -0.1) is 0 Å². The Hall–Kier alpha value is -7.11. The van der Waals surface area contributed by atoms with E-state index >= 15 is 0 Å². The Kier molecular flexibility index (Phi) is 7.07. The van der Waals surface area contributed by atoms with E-state index in [1.54, 1.807) is 0 Å². The van der Waals surface area contributed by atoms with Crippen molar-refractivity contribution in [3.05, 3.63) is 182 Å². The van der Waals surface area contributed by atoms with Gasteiger partial charge in [0.2, 0.25) is 0 Å². The van der Waals surface area contributed by atoms with Crippen molar-refractivity contribution >= 4 is 60.5 Å². The standard InChI is InChI=1S/C47H30N4O/c1-4-16-32(17-5-1)45-48-46(33-18-6-2-7-19-33)50-47(49-45)39-30-40-43-41(25-14-26-42(43)52-44(40)38-24-13-12-23-37(38)39)51(35-21-8-3-9-22-35)36-28-27-31-15-10-11-20-34(31)29-36/h1-30H. The van der Waals surface area contributed by atoms with Crippen LogP contribution in [0.1, 0.15) is 0 Å². The van der Waals surface area contributed by atoms with Crippen LogP contribution in [0.3, 0.4) is 0 Å². The molecule has 0 atom stereocenters. The molecule has 5 heteroatoms. The van der Waals surface area contributed by atoms with Crippen LogP contribution in [0, 0.1) is 0 Å². The monoisotopic (exact) mass is 666 g/mol. The molecule has 0 bridgehead atoms. The molecule has 10 rings (SSSR count). The van der Waals surface area contributed by atoms with Crippen LogP contribution < -0.4 is 4.90 Å². The maximum atomic E-state index is 6.80. The number of nitrogens with zero attached hydrogens (tertiary/aromatic N) is 4. The second kappa shape index (κ2) is 12.3. The second-order valence-corrected chi connectivity index (χ2v) is 12.8. The molecule has 0 N–H and O–H groups in total. The number of fused-ring (bicyclic) bond motifs is 6. The van der Waals surface area contributed by atoms with E-state index in [4.69, 9.17) is 19.4 Å². The van der Waals surface area contributed by atoms with Crippen LogP contribution in [-0.2, 0) is 0 Å². The lowest BCUT2D eigenvalue weighted by atomic mass is 9.98. The van der Waals surface area contributed by atoms with E-state index in [1.165, 1.54) is 10.8 Å². The highest BCUT2D eigenvalue weighted by molar-refractivity contribution is 6.22. The Morgan fingerprint density at radius 1 is 0.404 bits per heavy atom. The molecular weight excluding hydrogens is 637 g/mol. The van der Waals surface area contributed by atoms with Crippen LogP contribution in [0.4, 0.5) is 17.1 Å². The number of hydrogen-bond donors (Lipinski definition) is 0. The molecule has 0 saturated carbocycles. The molecule has 0 amide bonds. The highest BCUT2D eigenvalue weighted by atomic mass is 16.3. The molecule has 0 fully saturated rings. The SMILES string of the molecule is c1ccc(-c2nc(-c3ccccc3)nc(-c3cc4c(oc5cccc(N(c6ccccc6)c6ccc7ccccc7c6)c54)c4ccccc34)n2)cc1. The molecule has 0 spiro atoms. The molecule has 8 aromatic carbocycles. The zero-order valence-corrected chi connectivity index (χ0v) is 28.0. The summed E-state index contributed by atoms with van der Waals surface area (Å²) in [6.07, 6.45) is 0. The summed E-state index contributed by atoms with van der Waals surface area (Å²) in [4.78, 5) is 17.6. The van der Waals surface area contributed by atoms with E-state index < -0.39 is 0 Å². The molecule has 10 aromatic rings. The third-order valence-corrected chi connectivity index (χ3v) is 9.67. The Morgan fingerprint density at radius 3 is 1.71 bits per heavy atom. The van der Waals surface area contributed by atoms with Gasteiger partial charge in [-0.3, -0.25) is 0 Å². The van der Waals surface area contributed by atoms with Crippen LogP contribution in [0.2, 0.25) is 0 Å². The summed E-state index contributed by atoms with van der Waals surface area (Å²) in [6, 6.07) is 62.7. The molecule has 0 aliphatic carbocycles. The van der Waals surface area contributed by atoms with Crippen LogP contribution in [-0.4, -0.2) is 15.0 Å². The number of hydrogen-bond acceptors (Lipinski definition) is 5. The summed E-state index contributed by atoms with van der Waals surface area (Å²) in [5.74, 6) is 1.85. The molecule has 52 heavy (non-hydrogen) atoms. The van der Waals surface area contributed by atoms with Gasteiger partial charge < -0.3 is 9.32 Å². The van der Waals surface area contributed by atoms with Gasteiger partial charge in [0.15, 0.2) is 17.5 Å². The molecule has 0 unspecified atom stereocenters. The lowest BCUT2D eigenvalue weighted by Crippen LogP contribution is -2.10. The van der Waals surface area contributed by atoms with Gasteiger partial charge >= 0.3 is 0 Å². The Bertz CT molecular complexity index is 2850. The number of benzene rings is 8. The quantitative estimate of drug-likeness (QED) is 0.177. The first-order valence-electron chi connectivity index (χ1n) is 17.4. The molecule has 0 radical (unpaired) electrons. The highest BCUT2D eigenvalue weighted by Crippen LogP contribution is 2.46. The Morgan fingerprint density at radius 2 is 1.00 bits per heavy atom. The molecule has 0 aliphatic heterocycles. The molecule has 2 heterocycles. The van der Waals surface area contributed by atoms with Crippen LogP contribution in [0.25, 0.3) is 77.6 Å². The van der Waals surface area contributed by atoms with Crippen molar-refractivity contribution in [1.29, 1.82) is 0 Å². The van der Waals surface area contributed by atoms with Crippen LogP contribution in [0.15, 0.2) is 186 Å². The van der Waals surface area contributed by atoms with Crippen LogP contribution in [0.5, 0.6) is 0 Å². The number of rotatable bonds is 6. The summed E-state index contributed by atoms with van der Waals surface area (Å²) in [5.41, 5.74) is 7.54. The van der Waals surface area contributed by atoms with Crippen molar-refractivity contribution in [3.63, 3.8) is 0 Å². The third kappa shape index (κ3) is 5.07. The third-order valence-electron chi connectivity index (χ3n) is 9.67. The first kappa shape index (κ1) is 29.8. The van der Waals surface area contributed by atoms with E-state index in [9.17, 15) is 0 Å². The van der Waals surface area contributed by atoms with Gasteiger partial charge in [0.1, 0.15) is 11.2 Å².